The van der Waals surface area contributed by atoms with Gasteiger partial charge in [-0.1, -0.05) is 12.1 Å². The molecule has 5 rings (SSSR count). The third kappa shape index (κ3) is 4.62. The first-order chi connectivity index (χ1) is 17.4. The maximum atomic E-state index is 14.5. The zero-order valence-corrected chi connectivity index (χ0v) is 19.6. The average Bonchev–Trinajstić information content (AvgIpc) is 2.87. The summed E-state index contributed by atoms with van der Waals surface area (Å²) >= 11 is 0. The van der Waals surface area contributed by atoms with Crippen molar-refractivity contribution in [2.24, 2.45) is 0 Å². The van der Waals surface area contributed by atoms with Crippen molar-refractivity contribution < 1.29 is 17.9 Å². The van der Waals surface area contributed by atoms with Gasteiger partial charge in [0.05, 0.1) is 12.2 Å². The smallest absolute Gasteiger partial charge is 0.387 e. The quantitative estimate of drug-likeness (QED) is 0.387. The number of nitrogens with zero attached hydrogens (tertiary/aromatic N) is 5. The number of hydrogen-bond donors (Lipinski definition) is 0. The predicted octanol–water partition coefficient (Wildman–Crippen LogP) is 4.67. The largest absolute Gasteiger partial charge is 0.433 e. The predicted molar refractivity (Wildman–Crippen MR) is 129 cm³/mol. The fraction of sp³-hybridized carbons (Fsp3) is 0.308. The molecular weight excluding hydrogens is 471 g/mol. The molecule has 3 aromatic heterocycles. The van der Waals surface area contributed by atoms with Crippen molar-refractivity contribution in [1.82, 2.24) is 19.5 Å². The van der Waals surface area contributed by atoms with E-state index < -0.39 is 6.61 Å². The Kier molecular flexibility index (Phi) is 6.58. The first kappa shape index (κ1) is 23.8. The van der Waals surface area contributed by atoms with Crippen molar-refractivity contribution in [1.29, 1.82) is 0 Å². The van der Waals surface area contributed by atoms with Gasteiger partial charge in [0.1, 0.15) is 22.8 Å². The van der Waals surface area contributed by atoms with Crippen molar-refractivity contribution in [2.45, 2.75) is 38.8 Å². The van der Waals surface area contributed by atoms with E-state index in [1.54, 1.807) is 12.1 Å². The van der Waals surface area contributed by atoms with Gasteiger partial charge >= 0.3 is 6.61 Å². The van der Waals surface area contributed by atoms with Crippen LogP contribution in [0.15, 0.2) is 59.8 Å². The number of pyridine rings is 2. The number of anilines is 1. The normalized spacial score (nSPS) is 14.5. The number of piperidine rings is 1. The number of fused-ring (bicyclic) bond motifs is 1. The van der Waals surface area contributed by atoms with Crippen molar-refractivity contribution in [2.75, 3.05) is 18.0 Å². The minimum Gasteiger partial charge on any atom is -0.433 e. The Morgan fingerprint density at radius 1 is 1.06 bits per heavy atom. The number of rotatable bonds is 6. The number of ether oxygens (including phenoxy) is 1. The van der Waals surface area contributed by atoms with Crippen molar-refractivity contribution in [3.63, 3.8) is 0 Å². The van der Waals surface area contributed by atoms with Crippen LogP contribution >= 0.6 is 0 Å². The zero-order chi connectivity index (χ0) is 25.2. The summed E-state index contributed by atoms with van der Waals surface area (Å²) in [6.07, 6.45) is 5.77. The maximum Gasteiger partial charge on any atom is 0.387 e. The number of benzene rings is 1. The van der Waals surface area contributed by atoms with Crippen molar-refractivity contribution >= 4 is 16.9 Å². The molecule has 1 aromatic carbocycles. The van der Waals surface area contributed by atoms with Gasteiger partial charge < -0.3 is 9.64 Å². The molecule has 0 bridgehead atoms. The molecule has 1 aliphatic rings. The van der Waals surface area contributed by atoms with Crippen molar-refractivity contribution in [3.05, 3.63) is 88.0 Å². The third-order valence-corrected chi connectivity index (χ3v) is 6.56. The molecule has 0 spiro atoms. The SMILES string of the molecule is Cc1cccc(F)c1N1CCC(c2cc3nccnc3n(Cc3ncccc3OC(F)F)c2=O)CC1. The van der Waals surface area contributed by atoms with Crippen LogP contribution in [0, 0.1) is 12.7 Å². The molecule has 4 aromatic rings. The number of aryl methyl sites for hydroxylation is 1. The van der Waals surface area contributed by atoms with Crippen LogP contribution in [0.3, 0.4) is 0 Å². The minimum atomic E-state index is -3.02. The summed E-state index contributed by atoms with van der Waals surface area (Å²) in [6, 6.07) is 9.66. The summed E-state index contributed by atoms with van der Waals surface area (Å²) in [5.41, 5.74) is 2.80. The number of halogens is 3. The summed E-state index contributed by atoms with van der Waals surface area (Å²) in [6.45, 7) is -0.0447. The lowest BCUT2D eigenvalue weighted by molar-refractivity contribution is -0.0507. The first-order valence-corrected chi connectivity index (χ1v) is 11.7. The summed E-state index contributed by atoms with van der Waals surface area (Å²) in [5, 5.41) is 0. The Morgan fingerprint density at radius 3 is 2.58 bits per heavy atom. The zero-order valence-electron chi connectivity index (χ0n) is 19.6. The summed E-state index contributed by atoms with van der Waals surface area (Å²) < 4.78 is 46.3. The maximum absolute atomic E-state index is 14.5. The van der Waals surface area contributed by atoms with Gasteiger partial charge in [0.25, 0.3) is 5.56 Å². The second-order valence-electron chi connectivity index (χ2n) is 8.75. The van der Waals surface area contributed by atoms with Crippen LogP contribution in [0.1, 0.15) is 35.6 Å². The monoisotopic (exact) mass is 495 g/mol. The topological polar surface area (TPSA) is 73.1 Å². The summed E-state index contributed by atoms with van der Waals surface area (Å²) in [4.78, 5) is 28.6. The van der Waals surface area contributed by atoms with E-state index >= 15 is 0 Å². The molecule has 1 saturated heterocycles. The first-order valence-electron chi connectivity index (χ1n) is 11.7. The van der Waals surface area contributed by atoms with E-state index in [0.717, 1.165) is 5.56 Å². The third-order valence-electron chi connectivity index (χ3n) is 6.56. The van der Waals surface area contributed by atoms with Crippen LogP contribution in [0.4, 0.5) is 18.9 Å². The van der Waals surface area contributed by atoms with Crippen molar-refractivity contribution in [3.8, 4) is 5.75 Å². The van der Waals surface area contributed by atoms with Gasteiger partial charge in [-0.3, -0.25) is 19.3 Å². The number of hydrogen-bond acceptors (Lipinski definition) is 6. The molecule has 0 saturated carbocycles. The Labute approximate surface area is 205 Å². The molecule has 36 heavy (non-hydrogen) atoms. The van der Waals surface area contributed by atoms with E-state index in [4.69, 9.17) is 0 Å². The highest BCUT2D eigenvalue weighted by Crippen LogP contribution is 2.33. The molecule has 0 aliphatic carbocycles. The van der Waals surface area contributed by atoms with Gasteiger partial charge in [0, 0.05) is 37.2 Å². The van der Waals surface area contributed by atoms with E-state index in [1.165, 1.54) is 41.4 Å². The summed E-state index contributed by atoms with van der Waals surface area (Å²) in [5.74, 6) is -0.427. The molecule has 7 nitrogen and oxygen atoms in total. The second-order valence-corrected chi connectivity index (χ2v) is 8.75. The molecule has 1 fully saturated rings. The molecule has 186 valence electrons. The van der Waals surface area contributed by atoms with Gasteiger partial charge in [-0.05, 0) is 55.5 Å². The number of para-hydroxylation sites is 1. The second kappa shape index (κ2) is 9.96. The highest BCUT2D eigenvalue weighted by Gasteiger charge is 2.27. The Bertz CT molecular complexity index is 1430. The van der Waals surface area contributed by atoms with Gasteiger partial charge in [-0.25, -0.2) is 9.37 Å². The molecule has 4 heterocycles. The van der Waals surface area contributed by atoms with E-state index in [9.17, 15) is 18.0 Å². The Hall–Kier alpha value is -3.95. The lowest BCUT2D eigenvalue weighted by atomic mass is 9.89. The van der Waals surface area contributed by atoms with Gasteiger partial charge in [0.2, 0.25) is 0 Å². The average molecular weight is 496 g/mol. The minimum absolute atomic E-state index is 0.0704. The Morgan fingerprint density at radius 2 is 1.83 bits per heavy atom. The highest BCUT2D eigenvalue weighted by atomic mass is 19.3. The van der Waals surface area contributed by atoms with E-state index in [-0.39, 0.29) is 35.3 Å². The van der Waals surface area contributed by atoms with Crippen LogP contribution < -0.4 is 15.2 Å². The number of alkyl halides is 2. The van der Waals surface area contributed by atoms with Crippen LogP contribution in [-0.4, -0.2) is 39.2 Å². The molecular formula is C26H24F3N5O2. The lowest BCUT2D eigenvalue weighted by Gasteiger charge is -2.34. The molecule has 0 unspecified atom stereocenters. The van der Waals surface area contributed by atoms with E-state index in [1.807, 2.05) is 17.9 Å². The van der Waals surface area contributed by atoms with Crippen LogP contribution in [0.2, 0.25) is 0 Å². The van der Waals surface area contributed by atoms with E-state index in [2.05, 4.69) is 19.7 Å². The fourth-order valence-electron chi connectivity index (χ4n) is 4.88. The van der Waals surface area contributed by atoms with Gasteiger partial charge in [-0.2, -0.15) is 8.78 Å². The number of aromatic nitrogens is 4. The highest BCUT2D eigenvalue weighted by molar-refractivity contribution is 5.71. The molecule has 0 atom stereocenters. The standard InChI is InChI=1S/C26H24F3N5O2/c1-16-4-2-5-19(27)23(16)33-12-7-17(8-13-33)18-14-20-24(32-11-10-31-20)34(25(18)35)15-21-22(36-26(28)29)6-3-9-30-21/h2-6,9-11,14,17,26H,7-8,12-13,15H2,1H3. The van der Waals surface area contributed by atoms with Gasteiger partial charge in [0.15, 0.2) is 5.65 Å². The van der Waals surface area contributed by atoms with Crippen LogP contribution in [0.25, 0.3) is 11.2 Å². The molecule has 0 radical (unpaired) electrons. The van der Waals surface area contributed by atoms with E-state index in [0.29, 0.717) is 48.3 Å². The van der Waals surface area contributed by atoms with Gasteiger partial charge in [-0.15, -0.1) is 0 Å². The van der Waals surface area contributed by atoms with Crippen LogP contribution in [0.5, 0.6) is 5.75 Å². The molecule has 0 N–H and O–H groups in total. The summed E-state index contributed by atoms with van der Waals surface area (Å²) in [7, 11) is 0. The fourth-order valence-corrected chi connectivity index (χ4v) is 4.88. The Balaban J connectivity index is 1.48. The molecule has 1 aliphatic heterocycles. The molecule has 0 amide bonds. The lowest BCUT2D eigenvalue weighted by Crippen LogP contribution is -2.36. The van der Waals surface area contributed by atoms with Crippen LogP contribution in [-0.2, 0) is 6.54 Å². The molecule has 10 heteroatoms.